The van der Waals surface area contributed by atoms with Crippen molar-refractivity contribution < 1.29 is 0 Å². The maximum Gasteiger partial charge on any atom is 0.130 e. The van der Waals surface area contributed by atoms with Crippen LogP contribution < -0.4 is 5.32 Å². The smallest absolute Gasteiger partial charge is 0.130 e. The molecule has 0 aliphatic rings. The summed E-state index contributed by atoms with van der Waals surface area (Å²) in [6, 6.07) is 13.4. The second-order valence-corrected chi connectivity index (χ2v) is 4.22. The topological polar surface area (TPSA) is 37.8 Å². The van der Waals surface area contributed by atoms with Gasteiger partial charge in [-0.15, -0.1) is 0 Å². The summed E-state index contributed by atoms with van der Waals surface area (Å²) in [4.78, 5) is 8.56. The molecule has 0 unspecified atom stereocenters. The summed E-state index contributed by atoms with van der Waals surface area (Å²) in [5, 5.41) is 4.75. The van der Waals surface area contributed by atoms with Crippen molar-refractivity contribution >= 4 is 34.0 Å². The third-order valence-corrected chi connectivity index (χ3v) is 3.04. The zero-order chi connectivity index (χ0) is 12.4. The fourth-order valence-corrected chi connectivity index (χ4v) is 2.03. The fourth-order valence-electron chi connectivity index (χ4n) is 1.77. The molecule has 3 nitrogen and oxygen atoms in total. The highest BCUT2D eigenvalue weighted by Gasteiger charge is 2.06. The summed E-state index contributed by atoms with van der Waals surface area (Å²) in [5.74, 6) is 0.747. The maximum absolute atomic E-state index is 6.36. The molecule has 4 heteroatoms. The number of anilines is 2. The van der Waals surface area contributed by atoms with Crippen molar-refractivity contribution in [1.29, 1.82) is 0 Å². The molecule has 0 amide bonds. The van der Waals surface area contributed by atoms with Gasteiger partial charge in [0.15, 0.2) is 0 Å². The number of aromatic nitrogens is 2. The van der Waals surface area contributed by atoms with Crippen LogP contribution in [0.3, 0.4) is 0 Å². The first-order valence-corrected chi connectivity index (χ1v) is 5.94. The third-order valence-electron chi connectivity index (χ3n) is 2.64. The molecule has 3 rings (SSSR count). The number of rotatable bonds is 2. The van der Waals surface area contributed by atoms with Gasteiger partial charge in [-0.3, -0.25) is 4.98 Å². The van der Waals surface area contributed by atoms with Crippen LogP contribution in [0.4, 0.5) is 11.5 Å². The molecule has 0 atom stereocenters. The molecule has 88 valence electrons. The van der Waals surface area contributed by atoms with Crippen molar-refractivity contribution in [3.8, 4) is 0 Å². The summed E-state index contributed by atoms with van der Waals surface area (Å²) in [7, 11) is 0. The van der Waals surface area contributed by atoms with E-state index in [4.69, 9.17) is 11.6 Å². The molecule has 1 N–H and O–H groups in total. The van der Waals surface area contributed by atoms with E-state index in [0.717, 1.165) is 22.4 Å². The van der Waals surface area contributed by atoms with E-state index in [-0.39, 0.29) is 0 Å². The number of benzene rings is 1. The molecule has 2 aromatic heterocycles. The van der Waals surface area contributed by atoms with Gasteiger partial charge in [0.2, 0.25) is 0 Å². The lowest BCUT2D eigenvalue weighted by molar-refractivity contribution is 1.30. The van der Waals surface area contributed by atoms with Crippen LogP contribution in [0.5, 0.6) is 0 Å². The van der Waals surface area contributed by atoms with Gasteiger partial charge in [0, 0.05) is 11.6 Å². The molecule has 0 aliphatic carbocycles. The van der Waals surface area contributed by atoms with Crippen LogP contribution in [0.15, 0.2) is 54.9 Å². The lowest BCUT2D eigenvalue weighted by atomic mass is 10.2. The van der Waals surface area contributed by atoms with E-state index in [1.165, 1.54) is 0 Å². The van der Waals surface area contributed by atoms with Crippen LogP contribution >= 0.6 is 11.6 Å². The highest BCUT2D eigenvalue weighted by Crippen LogP contribution is 2.30. The first-order valence-electron chi connectivity index (χ1n) is 5.56. The van der Waals surface area contributed by atoms with Crippen molar-refractivity contribution in [1.82, 2.24) is 9.97 Å². The number of pyridine rings is 2. The molecule has 0 aliphatic heterocycles. The predicted molar refractivity (Wildman–Crippen MR) is 74.3 cm³/mol. The summed E-state index contributed by atoms with van der Waals surface area (Å²) in [5.41, 5.74) is 1.64. The Labute approximate surface area is 109 Å². The monoisotopic (exact) mass is 255 g/mol. The molecule has 18 heavy (non-hydrogen) atoms. The first-order chi connectivity index (χ1) is 8.84. The number of halogens is 1. The van der Waals surface area contributed by atoms with Gasteiger partial charge in [-0.05, 0) is 18.2 Å². The molecule has 0 fully saturated rings. The second-order valence-electron chi connectivity index (χ2n) is 3.84. The van der Waals surface area contributed by atoms with Gasteiger partial charge in [0.05, 0.1) is 22.4 Å². The zero-order valence-corrected chi connectivity index (χ0v) is 10.2. The highest BCUT2D eigenvalue weighted by atomic mass is 35.5. The van der Waals surface area contributed by atoms with Crippen LogP contribution in [0, 0.1) is 0 Å². The average Bonchev–Trinajstić information content (AvgIpc) is 2.43. The summed E-state index contributed by atoms with van der Waals surface area (Å²) in [6.07, 6.45) is 3.45. The normalized spacial score (nSPS) is 10.5. The fraction of sp³-hybridized carbons (Fsp3) is 0. The largest absolute Gasteiger partial charge is 0.338 e. The van der Waals surface area contributed by atoms with E-state index in [1.807, 2.05) is 42.5 Å². The number of nitrogens with zero attached hydrogens (tertiary/aromatic N) is 2. The lowest BCUT2D eigenvalue weighted by Gasteiger charge is -2.08. The summed E-state index contributed by atoms with van der Waals surface area (Å²) >= 11 is 6.36. The Morgan fingerprint density at radius 1 is 0.944 bits per heavy atom. The van der Waals surface area contributed by atoms with E-state index < -0.39 is 0 Å². The Balaban J connectivity index is 2.05. The zero-order valence-electron chi connectivity index (χ0n) is 9.47. The van der Waals surface area contributed by atoms with Gasteiger partial charge in [-0.1, -0.05) is 35.9 Å². The number of fused-ring (bicyclic) bond motifs is 1. The Morgan fingerprint density at radius 2 is 1.78 bits per heavy atom. The van der Waals surface area contributed by atoms with Crippen LogP contribution in [0.25, 0.3) is 10.9 Å². The number of nitrogens with one attached hydrogen (secondary N) is 1. The lowest BCUT2D eigenvalue weighted by Crippen LogP contribution is -1.95. The first kappa shape index (κ1) is 11.0. The summed E-state index contributed by atoms with van der Waals surface area (Å²) < 4.78 is 0. The molecule has 0 saturated carbocycles. The average molecular weight is 256 g/mol. The van der Waals surface area contributed by atoms with Crippen molar-refractivity contribution in [3.63, 3.8) is 0 Å². The van der Waals surface area contributed by atoms with Gasteiger partial charge in [-0.25, -0.2) is 4.98 Å². The molecular formula is C14H10ClN3. The standard InChI is InChI=1S/C14H10ClN3/c15-14-10-5-1-2-6-11(10)17-9-12(14)18-13-7-3-4-8-16-13/h1-9H,(H,16,18). The van der Waals surface area contributed by atoms with Crippen molar-refractivity contribution in [2.24, 2.45) is 0 Å². The van der Waals surface area contributed by atoms with E-state index in [0.29, 0.717) is 5.02 Å². The Bertz CT molecular complexity index is 683. The second kappa shape index (κ2) is 4.63. The minimum atomic E-state index is 0.659. The number of hydrogen-bond acceptors (Lipinski definition) is 3. The van der Waals surface area contributed by atoms with Gasteiger partial charge in [0.25, 0.3) is 0 Å². The Hall–Kier alpha value is -2.13. The molecule has 1 aromatic carbocycles. The molecule has 0 bridgehead atoms. The SMILES string of the molecule is Clc1c(Nc2ccccn2)cnc2ccccc12. The van der Waals surface area contributed by atoms with Crippen molar-refractivity contribution in [3.05, 3.63) is 59.9 Å². The highest BCUT2D eigenvalue weighted by molar-refractivity contribution is 6.38. The third kappa shape index (κ3) is 2.00. The molecule has 2 heterocycles. The van der Waals surface area contributed by atoms with Crippen molar-refractivity contribution in [2.75, 3.05) is 5.32 Å². The molecule has 0 saturated heterocycles. The molecule has 0 spiro atoms. The minimum Gasteiger partial charge on any atom is -0.338 e. The van der Waals surface area contributed by atoms with E-state index in [9.17, 15) is 0 Å². The van der Waals surface area contributed by atoms with Gasteiger partial charge < -0.3 is 5.32 Å². The Kier molecular flexibility index (Phi) is 2.82. The van der Waals surface area contributed by atoms with E-state index >= 15 is 0 Å². The predicted octanol–water partition coefficient (Wildman–Crippen LogP) is 4.03. The number of para-hydroxylation sites is 1. The maximum atomic E-state index is 6.36. The van der Waals surface area contributed by atoms with Gasteiger partial charge in [0.1, 0.15) is 5.82 Å². The Morgan fingerprint density at radius 3 is 2.61 bits per heavy atom. The molecule has 3 aromatic rings. The van der Waals surface area contributed by atoms with E-state index in [1.54, 1.807) is 12.4 Å². The minimum absolute atomic E-state index is 0.659. The van der Waals surface area contributed by atoms with E-state index in [2.05, 4.69) is 15.3 Å². The quantitative estimate of drug-likeness (QED) is 0.751. The van der Waals surface area contributed by atoms with Gasteiger partial charge >= 0.3 is 0 Å². The van der Waals surface area contributed by atoms with Crippen LogP contribution in [0.2, 0.25) is 5.02 Å². The van der Waals surface area contributed by atoms with Crippen LogP contribution in [-0.2, 0) is 0 Å². The van der Waals surface area contributed by atoms with Gasteiger partial charge in [-0.2, -0.15) is 0 Å². The van der Waals surface area contributed by atoms with Crippen LogP contribution in [0.1, 0.15) is 0 Å². The molecular weight excluding hydrogens is 246 g/mol. The van der Waals surface area contributed by atoms with Crippen molar-refractivity contribution in [2.45, 2.75) is 0 Å². The summed E-state index contributed by atoms with van der Waals surface area (Å²) in [6.45, 7) is 0. The van der Waals surface area contributed by atoms with Crippen LogP contribution in [-0.4, -0.2) is 9.97 Å². The number of hydrogen-bond donors (Lipinski definition) is 1. The molecule has 0 radical (unpaired) electrons.